The van der Waals surface area contributed by atoms with Crippen LogP contribution >= 0.6 is 15.9 Å². The second-order valence-electron chi connectivity index (χ2n) is 7.78. The fraction of sp³-hybridized carbons (Fsp3) is 0.667. The molecule has 0 saturated carbocycles. The van der Waals surface area contributed by atoms with Gasteiger partial charge in [-0.25, -0.2) is 14.2 Å². The molecule has 0 aromatic carbocycles. The largest absolute Gasteiger partial charge is 0.444 e. The molecule has 1 unspecified atom stereocenters. The van der Waals surface area contributed by atoms with Crippen molar-refractivity contribution >= 4 is 33.5 Å². The third-order valence-corrected chi connectivity index (χ3v) is 4.95. The van der Waals surface area contributed by atoms with Crippen molar-refractivity contribution in [3.63, 3.8) is 0 Å². The maximum absolute atomic E-state index is 13.7. The smallest absolute Gasteiger partial charge is 0.410 e. The molecule has 3 heterocycles. The Balaban J connectivity index is 1.69. The molecule has 0 bridgehead atoms. The van der Waals surface area contributed by atoms with E-state index >= 15 is 0 Å². The van der Waals surface area contributed by atoms with Crippen LogP contribution in [0.5, 0.6) is 0 Å². The Hall–Kier alpha value is -1.57. The molecule has 2 saturated heterocycles. The highest BCUT2D eigenvalue weighted by atomic mass is 79.9. The summed E-state index contributed by atoms with van der Waals surface area (Å²) in [7, 11) is 0. The van der Waals surface area contributed by atoms with Crippen LogP contribution in [0.2, 0.25) is 0 Å². The average Bonchev–Trinajstić information content (AvgIpc) is 3.00. The van der Waals surface area contributed by atoms with Gasteiger partial charge in [0.25, 0.3) is 0 Å². The van der Waals surface area contributed by atoms with Crippen LogP contribution in [0.1, 0.15) is 27.2 Å². The molecule has 1 aromatic rings. The van der Waals surface area contributed by atoms with Crippen molar-refractivity contribution < 1.29 is 13.9 Å². The summed E-state index contributed by atoms with van der Waals surface area (Å²) in [6.45, 7) is 9.22. The molecule has 0 spiro atoms. The number of carbonyl (C=O) groups excluding carboxylic acids is 1. The van der Waals surface area contributed by atoms with Gasteiger partial charge in [-0.3, -0.25) is 0 Å². The number of aromatic nitrogens is 1. The van der Waals surface area contributed by atoms with Gasteiger partial charge in [-0.05, 0) is 49.2 Å². The Bertz CT molecular complexity index is 659. The van der Waals surface area contributed by atoms with Gasteiger partial charge >= 0.3 is 6.09 Å². The number of hydrogen-bond acceptors (Lipinski definition) is 5. The highest BCUT2D eigenvalue weighted by Crippen LogP contribution is 2.33. The van der Waals surface area contributed by atoms with E-state index in [1.54, 1.807) is 11.1 Å². The van der Waals surface area contributed by atoms with Crippen LogP contribution in [0.15, 0.2) is 16.7 Å². The second-order valence-corrected chi connectivity index (χ2v) is 8.70. The van der Waals surface area contributed by atoms with E-state index < -0.39 is 11.8 Å². The minimum Gasteiger partial charge on any atom is -0.444 e. The first kappa shape index (κ1) is 19.2. The van der Waals surface area contributed by atoms with Gasteiger partial charge in [-0.2, -0.15) is 0 Å². The predicted octanol–water partition coefficient (Wildman–Crippen LogP) is 3.45. The van der Waals surface area contributed by atoms with Gasteiger partial charge in [0.15, 0.2) is 5.82 Å². The predicted molar refractivity (Wildman–Crippen MR) is 104 cm³/mol. The van der Waals surface area contributed by atoms with Gasteiger partial charge in [0.05, 0.1) is 5.69 Å². The monoisotopic (exact) mass is 428 g/mol. The Kier molecular flexibility index (Phi) is 5.60. The van der Waals surface area contributed by atoms with E-state index in [0.29, 0.717) is 45.7 Å². The Morgan fingerprint density at radius 2 is 1.92 bits per heavy atom. The molecular formula is C18H26BrFN4O2. The SMILES string of the molecule is CC(C)(C)OC(=O)N1CCN(c2ncc(Br)cc2N2CCC(F)C2)CC1. The summed E-state index contributed by atoms with van der Waals surface area (Å²) in [5.74, 6) is 0.853. The van der Waals surface area contributed by atoms with Gasteiger partial charge < -0.3 is 19.4 Å². The van der Waals surface area contributed by atoms with Crippen LogP contribution in [0.4, 0.5) is 20.7 Å². The first-order valence-corrected chi connectivity index (χ1v) is 9.80. The number of pyridine rings is 1. The minimum atomic E-state index is -0.786. The number of piperazine rings is 1. The molecule has 3 rings (SSSR count). The summed E-state index contributed by atoms with van der Waals surface area (Å²) in [5, 5.41) is 0. The van der Waals surface area contributed by atoms with Gasteiger partial charge in [-0.15, -0.1) is 0 Å². The summed E-state index contributed by atoms with van der Waals surface area (Å²) in [6, 6.07) is 2.00. The summed E-state index contributed by atoms with van der Waals surface area (Å²) in [5.41, 5.74) is 0.457. The Labute approximate surface area is 162 Å². The molecule has 2 fully saturated rings. The van der Waals surface area contributed by atoms with Crippen LogP contribution in [0, 0.1) is 0 Å². The minimum absolute atomic E-state index is 0.277. The standard InChI is InChI=1S/C18H26BrFN4O2/c1-18(2,3)26-17(25)23-8-6-22(7-9-23)16-15(10-13(19)11-21-16)24-5-4-14(20)12-24/h10-11,14H,4-9,12H2,1-3H3. The average molecular weight is 429 g/mol. The molecule has 0 radical (unpaired) electrons. The first-order valence-electron chi connectivity index (χ1n) is 9.00. The van der Waals surface area contributed by atoms with E-state index in [2.05, 4.69) is 30.7 Å². The number of nitrogens with zero attached hydrogens (tertiary/aromatic N) is 4. The van der Waals surface area contributed by atoms with Crippen LogP contribution in [0.3, 0.4) is 0 Å². The molecule has 2 aliphatic rings. The number of alkyl halides is 1. The molecule has 2 aliphatic heterocycles. The molecule has 1 amide bonds. The van der Waals surface area contributed by atoms with Crippen LogP contribution in [-0.4, -0.2) is 67.0 Å². The molecule has 144 valence electrons. The van der Waals surface area contributed by atoms with Crippen LogP contribution in [0.25, 0.3) is 0 Å². The molecule has 1 aromatic heterocycles. The lowest BCUT2D eigenvalue weighted by molar-refractivity contribution is 0.0240. The van der Waals surface area contributed by atoms with E-state index in [0.717, 1.165) is 16.0 Å². The molecule has 8 heteroatoms. The Morgan fingerprint density at radius 1 is 1.23 bits per heavy atom. The number of amides is 1. The first-order chi connectivity index (χ1) is 12.2. The summed E-state index contributed by atoms with van der Waals surface area (Å²) in [4.78, 5) is 22.8. The van der Waals surface area contributed by atoms with Crippen molar-refractivity contribution in [3.05, 3.63) is 16.7 Å². The number of anilines is 2. The summed E-state index contributed by atoms with van der Waals surface area (Å²) in [6.07, 6.45) is 1.26. The Morgan fingerprint density at radius 3 is 2.50 bits per heavy atom. The molecule has 0 aliphatic carbocycles. The maximum atomic E-state index is 13.7. The third kappa shape index (κ3) is 4.58. The topological polar surface area (TPSA) is 48.9 Å². The number of carbonyl (C=O) groups is 1. The lowest BCUT2D eigenvalue weighted by Gasteiger charge is -2.37. The van der Waals surface area contributed by atoms with Crippen molar-refractivity contribution in [1.82, 2.24) is 9.88 Å². The van der Waals surface area contributed by atoms with Gasteiger partial charge in [0, 0.05) is 49.9 Å². The normalized spacial score (nSPS) is 21.3. The molecular weight excluding hydrogens is 403 g/mol. The maximum Gasteiger partial charge on any atom is 0.410 e. The summed E-state index contributed by atoms with van der Waals surface area (Å²) < 4.78 is 20.0. The van der Waals surface area contributed by atoms with Crippen molar-refractivity contribution in [2.45, 2.75) is 39.0 Å². The highest BCUT2D eigenvalue weighted by molar-refractivity contribution is 9.10. The zero-order valence-electron chi connectivity index (χ0n) is 15.5. The molecule has 6 nitrogen and oxygen atoms in total. The lowest BCUT2D eigenvalue weighted by Crippen LogP contribution is -2.50. The van der Waals surface area contributed by atoms with E-state index in [9.17, 15) is 9.18 Å². The lowest BCUT2D eigenvalue weighted by atomic mass is 10.2. The zero-order valence-corrected chi connectivity index (χ0v) is 17.1. The fourth-order valence-corrected chi connectivity index (χ4v) is 3.58. The molecule has 26 heavy (non-hydrogen) atoms. The van der Waals surface area contributed by atoms with Crippen LogP contribution in [-0.2, 0) is 4.74 Å². The van der Waals surface area contributed by atoms with E-state index in [4.69, 9.17) is 4.74 Å². The number of hydrogen-bond donors (Lipinski definition) is 0. The number of ether oxygens (including phenoxy) is 1. The second kappa shape index (κ2) is 7.58. The van der Waals surface area contributed by atoms with Crippen molar-refractivity contribution in [1.29, 1.82) is 0 Å². The number of rotatable bonds is 2. The van der Waals surface area contributed by atoms with Crippen molar-refractivity contribution in [2.24, 2.45) is 0 Å². The van der Waals surface area contributed by atoms with Gasteiger partial charge in [0.1, 0.15) is 11.8 Å². The van der Waals surface area contributed by atoms with E-state index in [1.807, 2.05) is 26.8 Å². The van der Waals surface area contributed by atoms with Crippen LogP contribution < -0.4 is 9.80 Å². The van der Waals surface area contributed by atoms with Gasteiger partial charge in [-0.1, -0.05) is 0 Å². The highest BCUT2D eigenvalue weighted by Gasteiger charge is 2.30. The van der Waals surface area contributed by atoms with E-state index in [-0.39, 0.29) is 6.09 Å². The van der Waals surface area contributed by atoms with Crippen molar-refractivity contribution in [2.75, 3.05) is 49.1 Å². The fourth-order valence-electron chi connectivity index (χ4n) is 3.26. The quantitative estimate of drug-likeness (QED) is 0.721. The summed E-state index contributed by atoms with van der Waals surface area (Å²) >= 11 is 3.47. The number of halogens is 2. The van der Waals surface area contributed by atoms with E-state index in [1.165, 1.54) is 0 Å². The molecule has 0 N–H and O–H groups in total. The van der Waals surface area contributed by atoms with Gasteiger partial charge in [0.2, 0.25) is 0 Å². The van der Waals surface area contributed by atoms with Crippen molar-refractivity contribution in [3.8, 4) is 0 Å². The zero-order chi connectivity index (χ0) is 18.9. The molecule has 1 atom stereocenters. The third-order valence-electron chi connectivity index (χ3n) is 4.52.